The van der Waals surface area contributed by atoms with Crippen molar-refractivity contribution in [1.82, 2.24) is 15.5 Å². The molecule has 4 aromatic rings. The lowest BCUT2D eigenvalue weighted by Gasteiger charge is -2.17. The van der Waals surface area contributed by atoms with Crippen LogP contribution in [0.5, 0.6) is 5.75 Å². The van der Waals surface area contributed by atoms with Crippen LogP contribution in [0.2, 0.25) is 0 Å². The number of aliphatic carboxylic acids is 1. The Balaban J connectivity index is 1.48. The summed E-state index contributed by atoms with van der Waals surface area (Å²) in [5.41, 5.74) is 2.95. The number of carbonyl (C=O) groups is 1. The van der Waals surface area contributed by atoms with E-state index in [9.17, 15) is 15.2 Å². The molecule has 0 amide bonds. The summed E-state index contributed by atoms with van der Waals surface area (Å²) in [6.45, 7) is 4.52. The maximum absolute atomic E-state index is 11.6. The van der Waals surface area contributed by atoms with Crippen LogP contribution in [0.1, 0.15) is 31.4 Å². The normalized spacial score (nSPS) is 17.4. The fourth-order valence-electron chi connectivity index (χ4n) is 4.84. The number of benzene rings is 3. The van der Waals surface area contributed by atoms with Crippen LogP contribution in [0.25, 0.3) is 33.6 Å². The minimum Gasteiger partial charge on any atom is -0.490 e. The maximum Gasteiger partial charge on any atom is 0.320 e. The van der Waals surface area contributed by atoms with Gasteiger partial charge in [-0.1, -0.05) is 41.6 Å². The zero-order valence-electron chi connectivity index (χ0n) is 20.1. The van der Waals surface area contributed by atoms with Crippen molar-refractivity contribution in [3.8, 4) is 34.7 Å². The Bertz CT molecular complexity index is 1470. The van der Waals surface area contributed by atoms with Crippen LogP contribution in [-0.2, 0) is 11.2 Å². The molecule has 2 atom stereocenters. The summed E-state index contributed by atoms with van der Waals surface area (Å²) in [6.07, 6.45) is 1.45. The molecular weight excluding hydrogens is 456 g/mol. The van der Waals surface area contributed by atoms with E-state index >= 15 is 0 Å². The zero-order chi connectivity index (χ0) is 25.2. The van der Waals surface area contributed by atoms with Crippen molar-refractivity contribution in [2.75, 3.05) is 6.54 Å². The minimum absolute atomic E-state index is 0.0329. The van der Waals surface area contributed by atoms with Crippen molar-refractivity contribution in [3.05, 3.63) is 65.7 Å². The lowest BCUT2D eigenvalue weighted by Crippen LogP contribution is -2.36. The fraction of sp³-hybridized carbons (Fsp3) is 0.286. The van der Waals surface area contributed by atoms with Gasteiger partial charge in [-0.15, -0.1) is 0 Å². The summed E-state index contributed by atoms with van der Waals surface area (Å²) in [5, 5.41) is 28.4. The Kier molecular flexibility index (Phi) is 6.40. The Morgan fingerprint density at radius 3 is 2.78 bits per heavy atom. The molecule has 3 aromatic carbocycles. The van der Waals surface area contributed by atoms with Crippen molar-refractivity contribution >= 4 is 16.7 Å². The molecule has 0 saturated carbocycles. The molecule has 36 heavy (non-hydrogen) atoms. The molecule has 5 rings (SSSR count). The Morgan fingerprint density at radius 1 is 1.22 bits per heavy atom. The molecular formula is C28H26N4O4. The molecule has 0 bridgehead atoms. The number of nitrogens with zero attached hydrogens (tertiary/aromatic N) is 3. The highest BCUT2D eigenvalue weighted by Gasteiger charge is 2.32. The van der Waals surface area contributed by atoms with E-state index in [0.29, 0.717) is 41.6 Å². The number of rotatable bonds is 7. The molecule has 1 aliphatic heterocycles. The highest BCUT2D eigenvalue weighted by molar-refractivity contribution is 5.97. The standard InChI is InChI=1S/C28H26N4O4/c1-16(2)35-24-10-8-19(14-20(24)15-29)27-31-26(32-36-27)23-9-7-17(21-5-3-4-6-22(21)23)13-18-11-12-30-25(18)28(33)34/h3-10,14,16,18,25,30H,11-13H2,1-2H3,(H,33,34)/t18?,25-/m0/s1. The summed E-state index contributed by atoms with van der Waals surface area (Å²) in [6, 6.07) is 18.8. The second-order valence-corrected chi connectivity index (χ2v) is 9.25. The van der Waals surface area contributed by atoms with Crippen LogP contribution in [0.3, 0.4) is 0 Å². The number of ether oxygens (including phenoxy) is 1. The van der Waals surface area contributed by atoms with E-state index in [4.69, 9.17) is 9.26 Å². The molecule has 1 fully saturated rings. The van der Waals surface area contributed by atoms with Gasteiger partial charge in [0.05, 0.1) is 11.7 Å². The average molecular weight is 483 g/mol. The van der Waals surface area contributed by atoms with E-state index in [1.807, 2.05) is 50.2 Å². The van der Waals surface area contributed by atoms with Gasteiger partial charge in [-0.3, -0.25) is 4.79 Å². The first-order valence-electron chi connectivity index (χ1n) is 12.0. The molecule has 2 N–H and O–H groups in total. The fourth-order valence-corrected chi connectivity index (χ4v) is 4.84. The van der Waals surface area contributed by atoms with Crippen LogP contribution in [0.4, 0.5) is 0 Å². The Labute approximate surface area is 208 Å². The molecule has 0 radical (unpaired) electrons. The van der Waals surface area contributed by atoms with Crippen molar-refractivity contribution in [2.24, 2.45) is 5.92 Å². The Morgan fingerprint density at radius 2 is 2.03 bits per heavy atom. The third-order valence-corrected chi connectivity index (χ3v) is 6.49. The number of carboxylic acids is 1. The van der Waals surface area contributed by atoms with Gasteiger partial charge in [0.15, 0.2) is 0 Å². The lowest BCUT2D eigenvalue weighted by molar-refractivity contribution is -0.140. The number of hydrogen-bond acceptors (Lipinski definition) is 7. The van der Waals surface area contributed by atoms with E-state index in [1.165, 1.54) is 0 Å². The van der Waals surface area contributed by atoms with Gasteiger partial charge in [-0.25, -0.2) is 0 Å². The van der Waals surface area contributed by atoms with E-state index in [-0.39, 0.29) is 12.0 Å². The summed E-state index contributed by atoms with van der Waals surface area (Å²) < 4.78 is 11.3. The van der Waals surface area contributed by atoms with E-state index in [1.54, 1.807) is 18.2 Å². The average Bonchev–Trinajstić information content (AvgIpc) is 3.54. The summed E-state index contributed by atoms with van der Waals surface area (Å²) >= 11 is 0. The second-order valence-electron chi connectivity index (χ2n) is 9.25. The minimum atomic E-state index is -0.805. The SMILES string of the molecule is CC(C)Oc1ccc(-c2nc(-c3ccc(CC4CCN[C@@H]4C(=O)O)c4ccccc34)no2)cc1C#N. The predicted octanol–water partition coefficient (Wildman–Crippen LogP) is 4.82. The highest BCUT2D eigenvalue weighted by atomic mass is 16.5. The van der Waals surface area contributed by atoms with E-state index in [2.05, 4.69) is 21.5 Å². The molecule has 2 heterocycles. The molecule has 1 unspecified atom stereocenters. The van der Waals surface area contributed by atoms with Gasteiger partial charge in [-0.05, 0) is 73.7 Å². The topological polar surface area (TPSA) is 121 Å². The van der Waals surface area contributed by atoms with Crippen molar-refractivity contribution in [1.29, 1.82) is 5.26 Å². The van der Waals surface area contributed by atoms with Crippen LogP contribution in [-0.4, -0.2) is 39.9 Å². The molecule has 1 aliphatic rings. The van der Waals surface area contributed by atoms with Crippen LogP contribution < -0.4 is 10.1 Å². The first-order valence-corrected chi connectivity index (χ1v) is 12.0. The van der Waals surface area contributed by atoms with Gasteiger partial charge in [0.1, 0.15) is 17.9 Å². The van der Waals surface area contributed by atoms with Crippen LogP contribution in [0.15, 0.2) is 59.1 Å². The van der Waals surface area contributed by atoms with Gasteiger partial charge in [0, 0.05) is 11.1 Å². The quantitative estimate of drug-likeness (QED) is 0.384. The first-order chi connectivity index (χ1) is 17.4. The summed E-state index contributed by atoms with van der Waals surface area (Å²) in [5.74, 6) is 0.499. The molecule has 0 aliphatic carbocycles. The molecule has 1 aromatic heterocycles. The van der Waals surface area contributed by atoms with Crippen molar-refractivity contribution < 1.29 is 19.2 Å². The monoisotopic (exact) mass is 482 g/mol. The number of nitrogens with one attached hydrogen (secondary N) is 1. The number of nitriles is 1. The predicted molar refractivity (Wildman–Crippen MR) is 134 cm³/mol. The van der Waals surface area contributed by atoms with Gasteiger partial charge in [-0.2, -0.15) is 10.2 Å². The van der Waals surface area contributed by atoms with Gasteiger partial charge in [0.2, 0.25) is 5.82 Å². The third kappa shape index (κ3) is 4.53. The summed E-state index contributed by atoms with van der Waals surface area (Å²) in [7, 11) is 0. The summed E-state index contributed by atoms with van der Waals surface area (Å²) in [4.78, 5) is 16.2. The molecule has 8 heteroatoms. The number of aromatic nitrogens is 2. The molecule has 1 saturated heterocycles. The van der Waals surface area contributed by atoms with Gasteiger partial charge >= 0.3 is 5.97 Å². The van der Waals surface area contributed by atoms with E-state index in [0.717, 1.165) is 28.3 Å². The van der Waals surface area contributed by atoms with Gasteiger partial charge in [0.25, 0.3) is 5.89 Å². The zero-order valence-corrected chi connectivity index (χ0v) is 20.1. The van der Waals surface area contributed by atoms with Crippen LogP contribution in [0, 0.1) is 17.2 Å². The molecule has 0 spiro atoms. The lowest BCUT2D eigenvalue weighted by atomic mass is 9.89. The van der Waals surface area contributed by atoms with Crippen molar-refractivity contribution in [2.45, 2.75) is 38.8 Å². The van der Waals surface area contributed by atoms with Crippen LogP contribution >= 0.6 is 0 Å². The largest absolute Gasteiger partial charge is 0.490 e. The van der Waals surface area contributed by atoms with Gasteiger partial charge < -0.3 is 19.7 Å². The second kappa shape index (κ2) is 9.80. The molecule has 182 valence electrons. The van der Waals surface area contributed by atoms with Crippen molar-refractivity contribution in [3.63, 3.8) is 0 Å². The third-order valence-electron chi connectivity index (χ3n) is 6.49. The Hall–Kier alpha value is -4.22. The highest BCUT2D eigenvalue weighted by Crippen LogP contribution is 2.34. The number of hydrogen-bond donors (Lipinski definition) is 2. The smallest absolute Gasteiger partial charge is 0.320 e. The van der Waals surface area contributed by atoms with E-state index < -0.39 is 12.0 Å². The number of carboxylic acid groups (broad SMARTS) is 1. The first kappa shape index (κ1) is 23.5. The number of fused-ring (bicyclic) bond motifs is 1. The maximum atomic E-state index is 11.6. The molecule has 8 nitrogen and oxygen atoms in total.